The summed E-state index contributed by atoms with van der Waals surface area (Å²) in [6.07, 6.45) is 1.54. The minimum Gasteiger partial charge on any atom is -0.391 e. The first-order chi connectivity index (χ1) is 9.65. The summed E-state index contributed by atoms with van der Waals surface area (Å²) in [5.74, 6) is 0.737. The predicted molar refractivity (Wildman–Crippen MR) is 77.6 cm³/mol. The molecule has 108 valence electrons. The number of rotatable bonds is 2. The molecule has 1 aromatic carbocycles. The van der Waals surface area contributed by atoms with Crippen LogP contribution in [0.4, 0.5) is 4.79 Å². The van der Waals surface area contributed by atoms with E-state index in [4.69, 9.17) is 0 Å². The number of piperidine rings is 1. The summed E-state index contributed by atoms with van der Waals surface area (Å²) < 4.78 is 0. The molecule has 0 bridgehead atoms. The van der Waals surface area contributed by atoms with Crippen molar-refractivity contribution in [1.29, 1.82) is 0 Å². The van der Waals surface area contributed by atoms with Gasteiger partial charge in [0.1, 0.15) is 0 Å². The van der Waals surface area contributed by atoms with E-state index in [0.29, 0.717) is 19.0 Å². The van der Waals surface area contributed by atoms with Gasteiger partial charge in [0.15, 0.2) is 0 Å². The van der Waals surface area contributed by atoms with Gasteiger partial charge in [-0.05, 0) is 29.9 Å². The molecule has 1 aromatic rings. The lowest BCUT2D eigenvalue weighted by molar-refractivity contribution is 0.0435. The fraction of sp³-hybridized carbons (Fsp3) is 0.562. The largest absolute Gasteiger partial charge is 0.391 e. The third-order valence-electron chi connectivity index (χ3n) is 4.67. The third kappa shape index (κ3) is 2.52. The number of carbonyl (C=O) groups is 1. The molecule has 0 spiro atoms. The Morgan fingerprint density at radius 2 is 2.25 bits per heavy atom. The van der Waals surface area contributed by atoms with Crippen molar-refractivity contribution < 1.29 is 9.90 Å². The van der Waals surface area contributed by atoms with Gasteiger partial charge in [-0.3, -0.25) is 0 Å². The summed E-state index contributed by atoms with van der Waals surface area (Å²) >= 11 is 0. The lowest BCUT2D eigenvalue weighted by Gasteiger charge is -2.35. The minimum atomic E-state index is -0.390. The third-order valence-corrected chi connectivity index (χ3v) is 4.67. The van der Waals surface area contributed by atoms with Crippen LogP contribution in [0.15, 0.2) is 24.3 Å². The van der Waals surface area contributed by atoms with Crippen LogP contribution >= 0.6 is 0 Å². The van der Waals surface area contributed by atoms with Crippen molar-refractivity contribution in [2.75, 3.05) is 19.6 Å². The molecule has 1 saturated heterocycles. The fourth-order valence-corrected chi connectivity index (χ4v) is 3.10. The van der Waals surface area contributed by atoms with Crippen LogP contribution in [0, 0.1) is 5.92 Å². The average Bonchev–Trinajstić information content (AvgIpc) is 2.42. The van der Waals surface area contributed by atoms with Crippen molar-refractivity contribution >= 4 is 6.03 Å². The van der Waals surface area contributed by atoms with Crippen LogP contribution < -0.4 is 5.32 Å². The average molecular weight is 274 g/mol. The maximum Gasteiger partial charge on any atom is 0.317 e. The molecule has 2 N–H and O–H groups in total. The Hall–Kier alpha value is -1.55. The summed E-state index contributed by atoms with van der Waals surface area (Å²) in [4.78, 5) is 13.8. The molecule has 4 nitrogen and oxygen atoms in total. The highest BCUT2D eigenvalue weighted by Gasteiger charge is 2.29. The first kappa shape index (κ1) is 13.4. The van der Waals surface area contributed by atoms with Gasteiger partial charge in [0.05, 0.1) is 6.10 Å². The summed E-state index contributed by atoms with van der Waals surface area (Å²) in [6.45, 7) is 3.92. The number of nitrogens with one attached hydrogen (secondary N) is 1. The zero-order valence-electron chi connectivity index (χ0n) is 11.9. The molecule has 2 aliphatic rings. The number of fused-ring (bicyclic) bond motifs is 1. The van der Waals surface area contributed by atoms with Gasteiger partial charge < -0.3 is 15.3 Å². The maximum atomic E-state index is 12.1. The number of carbonyl (C=O) groups excluding carboxylic acids is 1. The van der Waals surface area contributed by atoms with E-state index in [2.05, 4.69) is 29.6 Å². The number of amides is 2. The van der Waals surface area contributed by atoms with Crippen LogP contribution in [0.1, 0.15) is 30.4 Å². The number of hydrogen-bond donors (Lipinski definition) is 2. The predicted octanol–water partition coefficient (Wildman–Crippen LogP) is 1.74. The number of nitrogens with zero attached hydrogens (tertiary/aromatic N) is 1. The quantitative estimate of drug-likeness (QED) is 0.863. The molecule has 3 atom stereocenters. The van der Waals surface area contributed by atoms with Crippen LogP contribution in [0.5, 0.6) is 0 Å². The lowest BCUT2D eigenvalue weighted by Crippen LogP contribution is -2.50. The number of benzene rings is 1. The lowest BCUT2D eigenvalue weighted by atomic mass is 9.78. The van der Waals surface area contributed by atoms with Gasteiger partial charge in [-0.1, -0.05) is 31.2 Å². The van der Waals surface area contributed by atoms with E-state index in [1.807, 2.05) is 6.92 Å². The smallest absolute Gasteiger partial charge is 0.317 e. The van der Waals surface area contributed by atoms with Gasteiger partial charge in [-0.2, -0.15) is 0 Å². The highest BCUT2D eigenvalue weighted by molar-refractivity contribution is 5.74. The summed E-state index contributed by atoms with van der Waals surface area (Å²) in [5.41, 5.74) is 2.76. The normalized spacial score (nSPS) is 28.5. The zero-order chi connectivity index (χ0) is 14.1. The SMILES string of the molecule is CC1CCN(C(=O)NCC2Cc3ccccc32)CC1O. The van der Waals surface area contributed by atoms with Gasteiger partial charge in [0.25, 0.3) is 0 Å². The standard InChI is InChI=1S/C16H22N2O2/c1-11-6-7-18(10-15(11)19)16(20)17-9-13-8-12-4-2-3-5-14(12)13/h2-5,11,13,15,19H,6-10H2,1H3,(H,17,20). The fourth-order valence-electron chi connectivity index (χ4n) is 3.10. The first-order valence-electron chi connectivity index (χ1n) is 7.44. The highest BCUT2D eigenvalue weighted by Crippen LogP contribution is 2.34. The Bertz CT molecular complexity index is 503. The van der Waals surface area contributed by atoms with Crippen molar-refractivity contribution in [3.8, 4) is 0 Å². The Labute approximate surface area is 119 Å². The van der Waals surface area contributed by atoms with Crippen molar-refractivity contribution in [1.82, 2.24) is 10.2 Å². The summed E-state index contributed by atoms with van der Waals surface area (Å²) in [7, 11) is 0. The molecular formula is C16H22N2O2. The van der Waals surface area contributed by atoms with Gasteiger partial charge in [-0.15, -0.1) is 0 Å². The molecule has 4 heteroatoms. The van der Waals surface area contributed by atoms with Gasteiger partial charge in [-0.25, -0.2) is 4.79 Å². The number of hydrogen-bond acceptors (Lipinski definition) is 2. The van der Waals surface area contributed by atoms with Gasteiger partial charge >= 0.3 is 6.03 Å². The van der Waals surface area contributed by atoms with Crippen molar-refractivity contribution in [3.05, 3.63) is 35.4 Å². The number of aliphatic hydroxyl groups excluding tert-OH is 1. The van der Waals surface area contributed by atoms with Crippen molar-refractivity contribution in [2.24, 2.45) is 5.92 Å². The second-order valence-corrected chi connectivity index (χ2v) is 6.07. The second kappa shape index (κ2) is 5.44. The Kier molecular flexibility index (Phi) is 3.66. The molecule has 3 rings (SSSR count). The van der Waals surface area contributed by atoms with Gasteiger partial charge in [0.2, 0.25) is 0 Å². The van der Waals surface area contributed by atoms with Crippen molar-refractivity contribution in [2.45, 2.75) is 31.8 Å². The minimum absolute atomic E-state index is 0.0414. The van der Waals surface area contributed by atoms with Crippen LogP contribution in [-0.2, 0) is 6.42 Å². The van der Waals surface area contributed by atoms with Crippen LogP contribution in [-0.4, -0.2) is 41.8 Å². The molecule has 1 aliphatic carbocycles. The van der Waals surface area contributed by atoms with E-state index in [1.54, 1.807) is 4.90 Å². The van der Waals surface area contributed by atoms with E-state index in [1.165, 1.54) is 11.1 Å². The monoisotopic (exact) mass is 274 g/mol. The Morgan fingerprint density at radius 3 is 3.00 bits per heavy atom. The second-order valence-electron chi connectivity index (χ2n) is 6.07. The summed E-state index contributed by atoms with van der Waals surface area (Å²) in [6, 6.07) is 8.36. The Balaban J connectivity index is 1.49. The molecule has 1 fully saturated rings. The highest BCUT2D eigenvalue weighted by atomic mass is 16.3. The Morgan fingerprint density at radius 1 is 1.45 bits per heavy atom. The molecule has 20 heavy (non-hydrogen) atoms. The van der Waals surface area contributed by atoms with Crippen LogP contribution in [0.25, 0.3) is 0 Å². The number of likely N-dealkylation sites (tertiary alicyclic amines) is 1. The van der Waals surface area contributed by atoms with Gasteiger partial charge in [0, 0.05) is 25.6 Å². The van der Waals surface area contributed by atoms with E-state index in [9.17, 15) is 9.90 Å². The number of β-amino-alcohol motifs (C(OH)–C–C–N with tert-alkyl or cyclic N) is 1. The molecule has 0 radical (unpaired) electrons. The van der Waals surface area contributed by atoms with Crippen LogP contribution in [0.3, 0.4) is 0 Å². The van der Waals surface area contributed by atoms with E-state index >= 15 is 0 Å². The topological polar surface area (TPSA) is 52.6 Å². The molecule has 1 aliphatic heterocycles. The maximum absolute atomic E-state index is 12.1. The first-order valence-corrected chi connectivity index (χ1v) is 7.44. The molecule has 3 unspecified atom stereocenters. The molecule has 1 heterocycles. The number of urea groups is 1. The molecule has 0 aromatic heterocycles. The zero-order valence-corrected chi connectivity index (χ0v) is 11.9. The van der Waals surface area contributed by atoms with E-state index in [0.717, 1.165) is 19.4 Å². The summed E-state index contributed by atoms with van der Waals surface area (Å²) in [5, 5.41) is 12.8. The number of aliphatic hydroxyl groups is 1. The van der Waals surface area contributed by atoms with Crippen LogP contribution in [0.2, 0.25) is 0 Å². The van der Waals surface area contributed by atoms with Crippen molar-refractivity contribution in [3.63, 3.8) is 0 Å². The van der Waals surface area contributed by atoms with E-state index in [-0.39, 0.29) is 18.1 Å². The molecule has 2 amide bonds. The molecule has 0 saturated carbocycles. The molecular weight excluding hydrogens is 252 g/mol. The van der Waals surface area contributed by atoms with E-state index < -0.39 is 0 Å².